The first-order chi connectivity index (χ1) is 11.2. The van der Waals surface area contributed by atoms with E-state index < -0.39 is 0 Å². The number of nitrogens with zero attached hydrogens (tertiary/aromatic N) is 2. The summed E-state index contributed by atoms with van der Waals surface area (Å²) in [5.41, 5.74) is 1.40. The van der Waals surface area contributed by atoms with Crippen LogP contribution < -0.4 is 10.6 Å². The van der Waals surface area contributed by atoms with E-state index in [2.05, 4.69) is 25.8 Å². The molecule has 0 aliphatic carbocycles. The second kappa shape index (κ2) is 6.69. The van der Waals surface area contributed by atoms with E-state index in [1.807, 2.05) is 18.2 Å². The molecule has 2 aromatic carbocycles. The van der Waals surface area contributed by atoms with Crippen LogP contribution in [0.25, 0.3) is 11.4 Å². The Morgan fingerprint density at radius 1 is 1.09 bits per heavy atom. The normalized spacial score (nSPS) is 10.3. The van der Waals surface area contributed by atoms with Crippen LogP contribution in [0.1, 0.15) is 5.82 Å². The first-order valence-corrected chi connectivity index (χ1v) is 6.98. The van der Waals surface area contributed by atoms with Gasteiger partial charge in [0.1, 0.15) is 11.6 Å². The standard InChI is InChI=1S/C16H14FN5O/c17-12-8-6-11(7-9-12)15-20-14(21-22-15)10-18-16(23)19-13-4-2-1-3-5-13/h1-9H,10H2,(H2,18,19,23)(H,20,21,22). The van der Waals surface area contributed by atoms with Gasteiger partial charge in [0.2, 0.25) is 0 Å². The molecule has 0 bridgehead atoms. The Morgan fingerprint density at radius 2 is 1.83 bits per heavy atom. The lowest BCUT2D eigenvalue weighted by Gasteiger charge is -2.05. The van der Waals surface area contributed by atoms with Gasteiger partial charge in [0, 0.05) is 11.3 Å². The lowest BCUT2D eigenvalue weighted by Crippen LogP contribution is -2.28. The number of benzene rings is 2. The smallest absolute Gasteiger partial charge is 0.319 e. The molecule has 0 saturated heterocycles. The average Bonchev–Trinajstić information content (AvgIpc) is 3.04. The van der Waals surface area contributed by atoms with Crippen LogP contribution in [-0.2, 0) is 6.54 Å². The number of aromatic nitrogens is 3. The Labute approximate surface area is 131 Å². The second-order valence-electron chi connectivity index (χ2n) is 4.79. The van der Waals surface area contributed by atoms with E-state index in [1.165, 1.54) is 12.1 Å². The fraction of sp³-hybridized carbons (Fsp3) is 0.0625. The van der Waals surface area contributed by atoms with Crippen molar-refractivity contribution < 1.29 is 9.18 Å². The Bertz CT molecular complexity index is 786. The van der Waals surface area contributed by atoms with Crippen LogP contribution in [0.2, 0.25) is 0 Å². The van der Waals surface area contributed by atoms with E-state index in [0.717, 1.165) is 0 Å². The molecule has 0 unspecified atom stereocenters. The highest BCUT2D eigenvalue weighted by Gasteiger charge is 2.07. The van der Waals surface area contributed by atoms with Crippen LogP contribution >= 0.6 is 0 Å². The zero-order valence-electron chi connectivity index (χ0n) is 12.1. The first-order valence-electron chi connectivity index (χ1n) is 6.98. The second-order valence-corrected chi connectivity index (χ2v) is 4.79. The lowest BCUT2D eigenvalue weighted by atomic mass is 10.2. The van der Waals surface area contributed by atoms with Gasteiger partial charge < -0.3 is 10.6 Å². The fourth-order valence-electron chi connectivity index (χ4n) is 1.96. The number of halogens is 1. The molecule has 3 rings (SSSR count). The summed E-state index contributed by atoms with van der Waals surface area (Å²) >= 11 is 0. The molecule has 3 N–H and O–H groups in total. The number of carbonyl (C=O) groups is 1. The topological polar surface area (TPSA) is 82.7 Å². The third-order valence-corrected chi connectivity index (χ3v) is 3.08. The van der Waals surface area contributed by atoms with E-state index in [1.54, 1.807) is 24.3 Å². The summed E-state index contributed by atoms with van der Waals surface area (Å²) < 4.78 is 12.9. The highest BCUT2D eigenvalue weighted by molar-refractivity contribution is 5.89. The quantitative estimate of drug-likeness (QED) is 0.693. The van der Waals surface area contributed by atoms with Crippen LogP contribution in [0.3, 0.4) is 0 Å². The summed E-state index contributed by atoms with van der Waals surface area (Å²) in [5, 5.41) is 12.2. The third kappa shape index (κ3) is 3.91. The molecule has 0 fully saturated rings. The number of amides is 2. The van der Waals surface area contributed by atoms with Crippen molar-refractivity contribution in [1.82, 2.24) is 20.5 Å². The number of anilines is 1. The van der Waals surface area contributed by atoms with Crippen LogP contribution in [0, 0.1) is 5.82 Å². The maximum Gasteiger partial charge on any atom is 0.319 e. The van der Waals surface area contributed by atoms with Crippen LogP contribution in [-0.4, -0.2) is 21.2 Å². The van der Waals surface area contributed by atoms with E-state index in [0.29, 0.717) is 22.9 Å². The van der Waals surface area contributed by atoms with Gasteiger partial charge in [0.05, 0.1) is 6.54 Å². The third-order valence-electron chi connectivity index (χ3n) is 3.08. The number of urea groups is 1. The summed E-state index contributed by atoms with van der Waals surface area (Å²) in [4.78, 5) is 16.0. The molecule has 2 amide bonds. The van der Waals surface area contributed by atoms with Gasteiger partial charge in [-0.1, -0.05) is 18.2 Å². The van der Waals surface area contributed by atoms with Crippen molar-refractivity contribution in [2.24, 2.45) is 0 Å². The van der Waals surface area contributed by atoms with Gasteiger partial charge in [-0.2, -0.15) is 5.10 Å². The number of para-hydroxylation sites is 1. The molecule has 1 aromatic heterocycles. The molecule has 3 aromatic rings. The molecule has 0 atom stereocenters. The molecule has 116 valence electrons. The van der Waals surface area contributed by atoms with Gasteiger partial charge in [-0.3, -0.25) is 5.10 Å². The minimum atomic E-state index is -0.337. The minimum Gasteiger partial charge on any atom is -0.331 e. The molecular weight excluding hydrogens is 297 g/mol. The van der Waals surface area contributed by atoms with Crippen molar-refractivity contribution >= 4 is 11.7 Å². The SMILES string of the molecule is O=C(NCc1nc(-c2ccc(F)cc2)n[nH]1)Nc1ccccc1. The van der Waals surface area contributed by atoms with Crippen LogP contribution in [0.4, 0.5) is 14.9 Å². The predicted molar refractivity (Wildman–Crippen MR) is 84.1 cm³/mol. The molecule has 0 radical (unpaired) electrons. The van der Waals surface area contributed by atoms with E-state index in [9.17, 15) is 9.18 Å². The zero-order chi connectivity index (χ0) is 16.1. The van der Waals surface area contributed by atoms with Gasteiger partial charge in [0.15, 0.2) is 5.82 Å². The summed E-state index contributed by atoms with van der Waals surface area (Å²) in [6.45, 7) is 0.201. The Morgan fingerprint density at radius 3 is 2.57 bits per heavy atom. The summed E-state index contributed by atoms with van der Waals surface area (Å²) in [6.07, 6.45) is 0. The number of H-pyrrole nitrogens is 1. The highest BCUT2D eigenvalue weighted by Crippen LogP contribution is 2.14. The maximum absolute atomic E-state index is 12.9. The van der Waals surface area contributed by atoms with Gasteiger partial charge >= 0.3 is 6.03 Å². The van der Waals surface area contributed by atoms with Crippen LogP contribution in [0.15, 0.2) is 54.6 Å². The van der Waals surface area contributed by atoms with E-state index in [4.69, 9.17) is 0 Å². The molecule has 0 aliphatic rings. The minimum absolute atomic E-state index is 0.201. The monoisotopic (exact) mass is 311 g/mol. The molecule has 7 heteroatoms. The largest absolute Gasteiger partial charge is 0.331 e. The molecule has 0 aliphatic heterocycles. The molecule has 23 heavy (non-hydrogen) atoms. The first kappa shape index (κ1) is 14.7. The molecule has 1 heterocycles. The van der Waals surface area contributed by atoms with Crippen molar-refractivity contribution in [2.75, 3.05) is 5.32 Å². The number of carbonyl (C=O) groups excluding carboxylic acids is 1. The van der Waals surface area contributed by atoms with Crippen LogP contribution in [0.5, 0.6) is 0 Å². The number of rotatable bonds is 4. The van der Waals surface area contributed by atoms with Crippen molar-refractivity contribution in [3.8, 4) is 11.4 Å². The Kier molecular flexibility index (Phi) is 4.28. The molecule has 0 saturated carbocycles. The van der Waals surface area contributed by atoms with Gasteiger partial charge in [0.25, 0.3) is 0 Å². The maximum atomic E-state index is 12.9. The predicted octanol–water partition coefficient (Wildman–Crippen LogP) is 2.93. The lowest BCUT2D eigenvalue weighted by molar-refractivity contribution is 0.251. The van der Waals surface area contributed by atoms with Crippen molar-refractivity contribution in [2.45, 2.75) is 6.54 Å². The van der Waals surface area contributed by atoms with E-state index in [-0.39, 0.29) is 18.4 Å². The average molecular weight is 311 g/mol. The number of nitrogens with one attached hydrogen (secondary N) is 3. The number of aromatic amines is 1. The molecular formula is C16H14FN5O. The van der Waals surface area contributed by atoms with Gasteiger partial charge in [-0.15, -0.1) is 0 Å². The summed E-state index contributed by atoms with van der Waals surface area (Å²) in [5.74, 6) is 0.640. The zero-order valence-corrected chi connectivity index (χ0v) is 12.1. The number of hydrogen-bond donors (Lipinski definition) is 3. The molecule has 0 spiro atoms. The van der Waals surface area contributed by atoms with Gasteiger partial charge in [-0.05, 0) is 36.4 Å². The Hall–Kier alpha value is -3.22. The van der Waals surface area contributed by atoms with Crippen molar-refractivity contribution in [3.05, 3.63) is 66.2 Å². The number of hydrogen-bond acceptors (Lipinski definition) is 3. The van der Waals surface area contributed by atoms with Crippen molar-refractivity contribution in [1.29, 1.82) is 0 Å². The van der Waals surface area contributed by atoms with Crippen molar-refractivity contribution in [3.63, 3.8) is 0 Å². The fourth-order valence-corrected chi connectivity index (χ4v) is 1.96. The highest BCUT2D eigenvalue weighted by atomic mass is 19.1. The summed E-state index contributed by atoms with van der Waals surface area (Å²) in [6, 6.07) is 14.7. The van der Waals surface area contributed by atoms with E-state index >= 15 is 0 Å². The molecule has 6 nitrogen and oxygen atoms in total. The van der Waals surface area contributed by atoms with Gasteiger partial charge in [-0.25, -0.2) is 14.2 Å². The summed E-state index contributed by atoms with van der Waals surface area (Å²) in [7, 11) is 0. The Balaban J connectivity index is 1.57.